The van der Waals surface area contributed by atoms with Crippen LogP contribution >= 0.6 is 11.3 Å². The largest absolute Gasteiger partial charge is 0.497 e. The highest BCUT2D eigenvalue weighted by molar-refractivity contribution is 7.07. The number of ether oxygens (including phenoxy) is 4. The van der Waals surface area contributed by atoms with Gasteiger partial charge in [-0.05, 0) is 48.4 Å². The molecule has 1 unspecified atom stereocenters. The van der Waals surface area contributed by atoms with Crippen molar-refractivity contribution in [1.29, 1.82) is 0 Å². The van der Waals surface area contributed by atoms with Crippen LogP contribution in [0.1, 0.15) is 24.1 Å². The summed E-state index contributed by atoms with van der Waals surface area (Å²) in [5, 5.41) is 0. The molecular weight excluding hydrogens is 480 g/mol. The van der Waals surface area contributed by atoms with Gasteiger partial charge in [0.1, 0.15) is 12.4 Å². The number of rotatable bonds is 8. The van der Waals surface area contributed by atoms with Gasteiger partial charge in [0.15, 0.2) is 16.3 Å². The number of carbonyl (C=O) groups is 1. The smallest absolute Gasteiger partial charge is 0.338 e. The van der Waals surface area contributed by atoms with Crippen LogP contribution in [0.15, 0.2) is 76.2 Å². The average molecular weight is 507 g/mol. The van der Waals surface area contributed by atoms with E-state index in [1.807, 2.05) is 18.2 Å². The first kappa shape index (κ1) is 25.0. The van der Waals surface area contributed by atoms with Crippen molar-refractivity contribution >= 4 is 23.4 Å². The van der Waals surface area contributed by atoms with Gasteiger partial charge in [0.2, 0.25) is 0 Å². The summed E-state index contributed by atoms with van der Waals surface area (Å²) in [6.45, 7) is 5.75. The molecule has 0 amide bonds. The lowest BCUT2D eigenvalue weighted by Gasteiger charge is -2.24. The maximum Gasteiger partial charge on any atom is 0.338 e. The van der Waals surface area contributed by atoms with Crippen molar-refractivity contribution in [3.8, 4) is 17.2 Å². The summed E-state index contributed by atoms with van der Waals surface area (Å²) in [6, 6.07) is 12.0. The molecule has 2 aromatic carbocycles. The molecule has 1 aliphatic heterocycles. The van der Waals surface area contributed by atoms with Crippen LogP contribution in [0.2, 0.25) is 0 Å². The Morgan fingerprint density at radius 2 is 1.86 bits per heavy atom. The molecular formula is C27H26N2O6S. The van der Waals surface area contributed by atoms with Gasteiger partial charge in [0, 0.05) is 0 Å². The Kier molecular flexibility index (Phi) is 7.40. The number of carbonyl (C=O) groups excluding carboxylic acids is 1. The van der Waals surface area contributed by atoms with Crippen LogP contribution < -0.4 is 29.1 Å². The minimum absolute atomic E-state index is 0.264. The zero-order chi connectivity index (χ0) is 25.8. The van der Waals surface area contributed by atoms with Crippen LogP contribution in [-0.2, 0) is 9.53 Å². The standard InChI is InChI=1S/C27H26N2O6S/c1-6-13-35-20-12-7-17(14-21(20)33-4)15-22-25(30)29-24(18-8-10-19(32-3)11-9-18)23(26(31)34-5)16(2)28-27(29)36-22/h6-12,14-15,24H,1,13H2,2-5H3/b22-15+. The summed E-state index contributed by atoms with van der Waals surface area (Å²) in [7, 11) is 4.45. The van der Waals surface area contributed by atoms with Crippen molar-refractivity contribution in [2.45, 2.75) is 13.0 Å². The fraction of sp³-hybridized carbons (Fsp3) is 0.222. The van der Waals surface area contributed by atoms with E-state index in [0.717, 1.165) is 11.1 Å². The van der Waals surface area contributed by atoms with E-state index in [9.17, 15) is 9.59 Å². The SMILES string of the molecule is C=CCOc1ccc(/C=c2/sc3n(c2=O)C(c2ccc(OC)cc2)C(C(=O)OC)=C(C)N=3)cc1OC. The van der Waals surface area contributed by atoms with Gasteiger partial charge in [0.25, 0.3) is 5.56 Å². The third kappa shape index (κ3) is 4.70. The quantitative estimate of drug-likeness (QED) is 0.345. The zero-order valence-corrected chi connectivity index (χ0v) is 21.3. The van der Waals surface area contributed by atoms with E-state index in [1.165, 1.54) is 23.0 Å². The summed E-state index contributed by atoms with van der Waals surface area (Å²) >= 11 is 1.25. The second kappa shape index (κ2) is 10.7. The van der Waals surface area contributed by atoms with E-state index in [1.54, 1.807) is 57.6 Å². The van der Waals surface area contributed by atoms with Crippen molar-refractivity contribution in [2.75, 3.05) is 27.9 Å². The summed E-state index contributed by atoms with van der Waals surface area (Å²) in [6.07, 6.45) is 3.42. The van der Waals surface area contributed by atoms with Crippen LogP contribution in [-0.4, -0.2) is 38.5 Å². The van der Waals surface area contributed by atoms with E-state index in [-0.39, 0.29) is 5.56 Å². The minimum Gasteiger partial charge on any atom is -0.497 e. The fourth-order valence-corrected chi connectivity index (χ4v) is 5.03. The molecule has 0 radical (unpaired) electrons. The molecule has 8 nitrogen and oxygen atoms in total. The highest BCUT2D eigenvalue weighted by Crippen LogP contribution is 2.32. The summed E-state index contributed by atoms with van der Waals surface area (Å²) < 4.78 is 23.4. The van der Waals surface area contributed by atoms with Crippen molar-refractivity contribution < 1.29 is 23.7 Å². The number of hydrogen-bond donors (Lipinski definition) is 0. The predicted molar refractivity (Wildman–Crippen MR) is 137 cm³/mol. The Hall–Kier alpha value is -4.11. The van der Waals surface area contributed by atoms with E-state index in [2.05, 4.69) is 11.6 Å². The van der Waals surface area contributed by atoms with Gasteiger partial charge in [-0.15, -0.1) is 0 Å². The molecule has 1 aliphatic rings. The summed E-state index contributed by atoms with van der Waals surface area (Å²) in [4.78, 5) is 31.5. The number of benzene rings is 2. The topological polar surface area (TPSA) is 88.4 Å². The first-order valence-corrected chi connectivity index (χ1v) is 11.9. The van der Waals surface area contributed by atoms with Gasteiger partial charge in [-0.3, -0.25) is 9.36 Å². The third-order valence-corrected chi connectivity index (χ3v) is 6.68. The Morgan fingerprint density at radius 3 is 2.50 bits per heavy atom. The first-order chi connectivity index (χ1) is 17.4. The number of esters is 1. The van der Waals surface area contributed by atoms with Crippen LogP contribution in [0.4, 0.5) is 0 Å². The molecule has 0 N–H and O–H groups in total. The number of hydrogen-bond acceptors (Lipinski definition) is 8. The van der Waals surface area contributed by atoms with Crippen LogP contribution in [0.5, 0.6) is 17.2 Å². The Balaban J connectivity index is 1.87. The summed E-state index contributed by atoms with van der Waals surface area (Å²) in [5.41, 5.74) is 2.05. The molecule has 0 aliphatic carbocycles. The molecule has 2 heterocycles. The molecule has 3 aromatic rings. The van der Waals surface area contributed by atoms with Gasteiger partial charge in [0.05, 0.1) is 43.2 Å². The normalized spacial score (nSPS) is 15.1. The Bertz CT molecular complexity index is 1520. The second-order valence-corrected chi connectivity index (χ2v) is 8.87. The zero-order valence-electron chi connectivity index (χ0n) is 20.4. The number of methoxy groups -OCH3 is 3. The average Bonchev–Trinajstić information content (AvgIpc) is 3.20. The second-order valence-electron chi connectivity index (χ2n) is 7.86. The Labute approximate surface area is 212 Å². The Morgan fingerprint density at radius 1 is 1.11 bits per heavy atom. The van der Waals surface area contributed by atoms with Gasteiger partial charge in [-0.25, -0.2) is 9.79 Å². The summed E-state index contributed by atoms with van der Waals surface area (Å²) in [5.74, 6) is 1.25. The first-order valence-electron chi connectivity index (χ1n) is 11.1. The van der Waals surface area contributed by atoms with Crippen molar-refractivity contribution in [2.24, 2.45) is 4.99 Å². The molecule has 9 heteroatoms. The maximum absolute atomic E-state index is 13.7. The lowest BCUT2D eigenvalue weighted by atomic mass is 9.96. The monoisotopic (exact) mass is 506 g/mol. The molecule has 0 saturated carbocycles. The molecule has 0 bridgehead atoms. The van der Waals surface area contributed by atoms with E-state index in [0.29, 0.717) is 44.5 Å². The molecule has 0 spiro atoms. The van der Waals surface area contributed by atoms with E-state index < -0.39 is 12.0 Å². The maximum atomic E-state index is 13.7. The van der Waals surface area contributed by atoms with Crippen molar-refractivity contribution in [1.82, 2.24) is 4.57 Å². The van der Waals surface area contributed by atoms with Gasteiger partial charge in [-0.2, -0.15) is 0 Å². The highest BCUT2D eigenvalue weighted by Gasteiger charge is 2.33. The van der Waals surface area contributed by atoms with Gasteiger partial charge >= 0.3 is 5.97 Å². The fourth-order valence-electron chi connectivity index (χ4n) is 3.99. The lowest BCUT2D eigenvalue weighted by Crippen LogP contribution is -2.39. The van der Waals surface area contributed by atoms with E-state index in [4.69, 9.17) is 18.9 Å². The lowest BCUT2D eigenvalue weighted by molar-refractivity contribution is -0.136. The van der Waals surface area contributed by atoms with E-state index >= 15 is 0 Å². The van der Waals surface area contributed by atoms with Gasteiger partial charge < -0.3 is 18.9 Å². The number of fused-ring (bicyclic) bond motifs is 1. The number of thiazole rings is 1. The molecule has 0 saturated heterocycles. The predicted octanol–water partition coefficient (Wildman–Crippen LogP) is 2.99. The van der Waals surface area contributed by atoms with Crippen LogP contribution in [0.25, 0.3) is 6.08 Å². The minimum atomic E-state index is -0.689. The molecule has 0 fully saturated rings. The molecule has 36 heavy (non-hydrogen) atoms. The third-order valence-electron chi connectivity index (χ3n) is 5.70. The number of nitrogens with zero attached hydrogens (tertiary/aromatic N) is 2. The number of aromatic nitrogens is 1. The van der Waals surface area contributed by atoms with Crippen LogP contribution in [0, 0.1) is 0 Å². The molecule has 1 aromatic heterocycles. The van der Waals surface area contributed by atoms with Gasteiger partial charge in [-0.1, -0.05) is 42.2 Å². The molecule has 4 rings (SSSR count). The highest BCUT2D eigenvalue weighted by atomic mass is 32.1. The van der Waals surface area contributed by atoms with Crippen molar-refractivity contribution in [3.63, 3.8) is 0 Å². The van der Waals surface area contributed by atoms with Crippen LogP contribution in [0.3, 0.4) is 0 Å². The molecule has 1 atom stereocenters. The van der Waals surface area contributed by atoms with Crippen molar-refractivity contribution in [3.05, 3.63) is 97.2 Å². The molecule has 186 valence electrons. The number of allylic oxidation sites excluding steroid dienone is 1.